The van der Waals surface area contributed by atoms with Crippen molar-refractivity contribution in [1.29, 1.82) is 0 Å². The number of methoxy groups -OCH3 is 1. The average molecular weight is 316 g/mol. The minimum absolute atomic E-state index is 0.260. The van der Waals surface area contributed by atoms with Crippen molar-refractivity contribution in [3.8, 4) is 0 Å². The summed E-state index contributed by atoms with van der Waals surface area (Å²) < 4.78 is 41.2. The number of piperidine rings is 1. The van der Waals surface area contributed by atoms with Crippen molar-refractivity contribution in [2.45, 2.75) is 17.7 Å². The lowest BCUT2D eigenvalue weighted by Crippen LogP contribution is -2.39. The van der Waals surface area contributed by atoms with Crippen LogP contribution in [0.5, 0.6) is 0 Å². The van der Waals surface area contributed by atoms with Crippen LogP contribution in [-0.2, 0) is 19.6 Å². The Labute approximate surface area is 122 Å². The largest absolute Gasteiger partial charge is 0.469 e. The highest BCUT2D eigenvalue weighted by molar-refractivity contribution is 7.89. The van der Waals surface area contributed by atoms with E-state index in [9.17, 15) is 17.6 Å². The van der Waals surface area contributed by atoms with Gasteiger partial charge in [0.05, 0.1) is 23.6 Å². The van der Waals surface area contributed by atoms with Crippen LogP contribution in [0.3, 0.4) is 0 Å². The fourth-order valence-corrected chi connectivity index (χ4v) is 3.00. The van der Waals surface area contributed by atoms with Gasteiger partial charge in [-0.2, -0.15) is 0 Å². The van der Waals surface area contributed by atoms with Crippen molar-refractivity contribution in [3.63, 3.8) is 0 Å². The van der Waals surface area contributed by atoms with Crippen molar-refractivity contribution in [3.05, 3.63) is 24.0 Å². The highest BCUT2D eigenvalue weighted by Gasteiger charge is 2.28. The second-order valence-corrected chi connectivity index (χ2v) is 6.53. The molecule has 1 unspecified atom stereocenters. The Morgan fingerprint density at radius 3 is 2.76 bits per heavy atom. The normalized spacial score (nSPS) is 19.4. The highest BCUT2D eigenvalue weighted by Crippen LogP contribution is 2.27. The molecule has 21 heavy (non-hydrogen) atoms. The Balaban J connectivity index is 2.24. The van der Waals surface area contributed by atoms with Gasteiger partial charge >= 0.3 is 5.97 Å². The highest BCUT2D eigenvalue weighted by atomic mass is 32.2. The van der Waals surface area contributed by atoms with Crippen LogP contribution >= 0.6 is 0 Å². The van der Waals surface area contributed by atoms with Crippen LogP contribution in [0.4, 0.5) is 10.1 Å². The summed E-state index contributed by atoms with van der Waals surface area (Å²) in [6.45, 7) is 0.942. The molecule has 1 aliphatic rings. The number of esters is 1. The lowest BCUT2D eigenvalue weighted by Gasteiger charge is -2.33. The smallest absolute Gasteiger partial charge is 0.310 e. The second-order valence-electron chi connectivity index (χ2n) is 4.97. The van der Waals surface area contributed by atoms with Crippen molar-refractivity contribution >= 4 is 21.7 Å². The topological polar surface area (TPSA) is 89.7 Å². The number of sulfonamides is 1. The molecule has 0 saturated carbocycles. The summed E-state index contributed by atoms with van der Waals surface area (Å²) >= 11 is 0. The maximum absolute atomic E-state index is 14.1. The van der Waals surface area contributed by atoms with E-state index in [1.54, 1.807) is 4.90 Å². The minimum atomic E-state index is -3.93. The third-order valence-electron chi connectivity index (χ3n) is 3.54. The number of nitrogens with two attached hydrogens (primary N) is 1. The molecule has 1 aromatic rings. The molecule has 1 saturated heterocycles. The summed E-state index contributed by atoms with van der Waals surface area (Å²) in [6.07, 6.45) is 1.43. The number of ether oxygens (including phenoxy) is 1. The number of hydrogen-bond donors (Lipinski definition) is 1. The van der Waals surface area contributed by atoms with E-state index in [4.69, 9.17) is 9.88 Å². The summed E-state index contributed by atoms with van der Waals surface area (Å²) in [7, 11) is -2.61. The van der Waals surface area contributed by atoms with Gasteiger partial charge in [0.1, 0.15) is 5.82 Å². The van der Waals surface area contributed by atoms with E-state index < -0.39 is 15.8 Å². The summed E-state index contributed by atoms with van der Waals surface area (Å²) in [5.74, 6) is -1.30. The van der Waals surface area contributed by atoms with Crippen molar-refractivity contribution < 1.29 is 22.3 Å². The first kappa shape index (κ1) is 15.7. The Morgan fingerprint density at radius 2 is 2.19 bits per heavy atom. The SMILES string of the molecule is COC(=O)C1CCCN(c2ccc(S(N)(=O)=O)cc2F)C1. The third-order valence-corrected chi connectivity index (χ3v) is 4.46. The van der Waals surface area contributed by atoms with Gasteiger partial charge in [-0.15, -0.1) is 0 Å². The molecule has 2 rings (SSSR count). The number of anilines is 1. The van der Waals surface area contributed by atoms with E-state index in [0.29, 0.717) is 19.5 Å². The van der Waals surface area contributed by atoms with Crippen LogP contribution in [0.25, 0.3) is 0 Å². The van der Waals surface area contributed by atoms with Crippen molar-refractivity contribution in [2.75, 3.05) is 25.1 Å². The zero-order chi connectivity index (χ0) is 15.6. The zero-order valence-electron chi connectivity index (χ0n) is 11.6. The number of rotatable bonds is 3. The Morgan fingerprint density at radius 1 is 1.48 bits per heavy atom. The Kier molecular flexibility index (Phi) is 4.48. The van der Waals surface area contributed by atoms with Crippen LogP contribution in [0.1, 0.15) is 12.8 Å². The van der Waals surface area contributed by atoms with Gasteiger partial charge in [0, 0.05) is 13.1 Å². The van der Waals surface area contributed by atoms with Crippen molar-refractivity contribution in [2.24, 2.45) is 11.1 Å². The molecule has 0 bridgehead atoms. The molecule has 116 valence electrons. The molecule has 1 heterocycles. The van der Waals surface area contributed by atoms with E-state index in [1.807, 2.05) is 0 Å². The predicted molar refractivity (Wildman–Crippen MR) is 74.7 cm³/mol. The standard InChI is InChI=1S/C13H17FN2O4S/c1-20-13(17)9-3-2-6-16(8-9)12-5-4-10(7-11(12)14)21(15,18)19/h4-5,7,9H,2-3,6,8H2,1H3,(H2,15,18,19). The molecule has 0 spiro atoms. The number of primary sulfonamides is 1. The summed E-state index contributed by atoms with van der Waals surface area (Å²) in [5, 5.41) is 4.96. The molecule has 1 fully saturated rings. The molecule has 8 heteroatoms. The quantitative estimate of drug-likeness (QED) is 0.836. The third kappa shape index (κ3) is 3.51. The first-order valence-electron chi connectivity index (χ1n) is 6.48. The second kappa shape index (κ2) is 5.98. The molecule has 0 aromatic heterocycles. The summed E-state index contributed by atoms with van der Waals surface area (Å²) in [4.78, 5) is 13.0. The fourth-order valence-electron chi connectivity index (χ4n) is 2.48. The lowest BCUT2D eigenvalue weighted by molar-refractivity contribution is -0.145. The predicted octanol–water partition coefficient (Wildman–Crippen LogP) is 0.863. The molecule has 2 N–H and O–H groups in total. The number of carbonyl (C=O) groups is 1. The molecule has 6 nitrogen and oxygen atoms in total. The first-order chi connectivity index (χ1) is 9.82. The van der Waals surface area contributed by atoms with E-state index in [2.05, 4.69) is 0 Å². The average Bonchev–Trinajstić information content (AvgIpc) is 2.45. The molecular formula is C13H17FN2O4S. The van der Waals surface area contributed by atoms with Gasteiger partial charge in [0.25, 0.3) is 0 Å². The monoisotopic (exact) mass is 316 g/mol. The molecular weight excluding hydrogens is 299 g/mol. The molecule has 0 amide bonds. The number of nitrogens with zero attached hydrogens (tertiary/aromatic N) is 1. The molecule has 1 aliphatic heterocycles. The van der Waals surface area contributed by atoms with Crippen LogP contribution < -0.4 is 10.0 Å². The van der Waals surface area contributed by atoms with Crippen LogP contribution in [-0.4, -0.2) is 34.6 Å². The maximum Gasteiger partial charge on any atom is 0.310 e. The van der Waals surface area contributed by atoms with Gasteiger partial charge in [-0.25, -0.2) is 17.9 Å². The van der Waals surface area contributed by atoms with E-state index in [-0.39, 0.29) is 22.5 Å². The van der Waals surface area contributed by atoms with Crippen molar-refractivity contribution in [1.82, 2.24) is 0 Å². The molecule has 1 aromatic carbocycles. The fraction of sp³-hybridized carbons (Fsp3) is 0.462. The number of benzene rings is 1. The number of carbonyl (C=O) groups excluding carboxylic acids is 1. The Hall–Kier alpha value is -1.67. The van der Waals surface area contributed by atoms with E-state index in [0.717, 1.165) is 12.5 Å². The minimum Gasteiger partial charge on any atom is -0.469 e. The molecule has 1 atom stereocenters. The van der Waals surface area contributed by atoms with Gasteiger partial charge < -0.3 is 9.64 Å². The van der Waals surface area contributed by atoms with Crippen LogP contribution in [0, 0.1) is 11.7 Å². The first-order valence-corrected chi connectivity index (χ1v) is 8.02. The summed E-state index contributed by atoms with van der Waals surface area (Å²) in [5.41, 5.74) is 0.260. The molecule has 0 radical (unpaired) electrons. The van der Waals surface area contributed by atoms with Gasteiger partial charge in [-0.3, -0.25) is 4.79 Å². The number of halogens is 1. The van der Waals surface area contributed by atoms with Crippen LogP contribution in [0.2, 0.25) is 0 Å². The van der Waals surface area contributed by atoms with Gasteiger partial charge in [-0.1, -0.05) is 0 Å². The van der Waals surface area contributed by atoms with Crippen LogP contribution in [0.15, 0.2) is 23.1 Å². The van der Waals surface area contributed by atoms with Gasteiger partial charge in [0.15, 0.2) is 0 Å². The maximum atomic E-state index is 14.1. The lowest BCUT2D eigenvalue weighted by atomic mass is 9.97. The van der Waals surface area contributed by atoms with E-state index >= 15 is 0 Å². The van der Waals surface area contributed by atoms with E-state index in [1.165, 1.54) is 19.2 Å². The Bertz CT molecular complexity index is 648. The zero-order valence-corrected chi connectivity index (χ0v) is 12.4. The number of hydrogen-bond acceptors (Lipinski definition) is 5. The summed E-state index contributed by atoms with van der Waals surface area (Å²) in [6, 6.07) is 3.52. The van der Waals surface area contributed by atoms with Gasteiger partial charge in [0.2, 0.25) is 10.0 Å². The molecule has 0 aliphatic carbocycles. The van der Waals surface area contributed by atoms with Gasteiger partial charge in [-0.05, 0) is 31.0 Å².